The van der Waals surface area contributed by atoms with Gasteiger partial charge in [0.25, 0.3) is 0 Å². The molecule has 0 amide bonds. The first-order chi connectivity index (χ1) is 9.86. The lowest BCUT2D eigenvalue weighted by Crippen LogP contribution is -2.26. The average molecular weight is 274 g/mol. The Kier molecular flexibility index (Phi) is 3.94. The van der Waals surface area contributed by atoms with Crippen molar-refractivity contribution in [1.29, 1.82) is 0 Å². The Hall–Kier alpha value is -1.92. The molecule has 1 saturated heterocycles. The molecule has 1 aliphatic heterocycles. The molecule has 0 radical (unpaired) electrons. The molecule has 2 aromatic rings. The van der Waals surface area contributed by atoms with Gasteiger partial charge in [0.2, 0.25) is 12.2 Å². The lowest BCUT2D eigenvalue weighted by molar-refractivity contribution is -0.108. The minimum atomic E-state index is -0.204. The van der Waals surface area contributed by atoms with Gasteiger partial charge in [0.05, 0.1) is 12.3 Å². The van der Waals surface area contributed by atoms with Crippen LogP contribution in [0, 0.1) is 0 Å². The topological polar surface area (TPSA) is 75.2 Å². The van der Waals surface area contributed by atoms with E-state index in [1.165, 1.54) is 0 Å². The van der Waals surface area contributed by atoms with Crippen molar-refractivity contribution in [2.24, 2.45) is 5.73 Å². The van der Waals surface area contributed by atoms with Crippen molar-refractivity contribution in [2.45, 2.75) is 32.1 Å². The summed E-state index contributed by atoms with van der Waals surface area (Å²) in [7, 11) is 0. The molecular formula is C14H18N4O2. The zero-order chi connectivity index (χ0) is 13.8. The Bertz CT molecular complexity index is 547. The number of rotatable bonds is 4. The van der Waals surface area contributed by atoms with Crippen molar-refractivity contribution >= 4 is 0 Å². The van der Waals surface area contributed by atoms with Crippen LogP contribution in [0.5, 0.6) is 5.88 Å². The smallest absolute Gasteiger partial charge is 0.239 e. The largest absolute Gasteiger partial charge is 0.447 e. The normalized spacial score (nSPS) is 18.9. The summed E-state index contributed by atoms with van der Waals surface area (Å²) in [6, 6.07) is 7.84. The second kappa shape index (κ2) is 6.02. The Balaban J connectivity index is 1.77. The second-order valence-electron chi connectivity index (χ2n) is 4.77. The van der Waals surface area contributed by atoms with Crippen LogP contribution in [0.4, 0.5) is 0 Å². The first kappa shape index (κ1) is 13.1. The number of benzene rings is 1. The van der Waals surface area contributed by atoms with Crippen molar-refractivity contribution in [3.05, 3.63) is 36.0 Å². The molecule has 20 heavy (non-hydrogen) atoms. The van der Waals surface area contributed by atoms with Gasteiger partial charge in [-0.25, -0.2) is 0 Å². The van der Waals surface area contributed by atoms with Crippen molar-refractivity contribution in [2.75, 3.05) is 6.61 Å². The Labute approximate surface area is 117 Å². The third-order valence-electron chi connectivity index (χ3n) is 3.32. The van der Waals surface area contributed by atoms with E-state index in [-0.39, 0.29) is 6.29 Å². The highest BCUT2D eigenvalue weighted by molar-refractivity contribution is 5.36. The van der Waals surface area contributed by atoms with Crippen LogP contribution >= 0.6 is 0 Å². The first-order valence-electron chi connectivity index (χ1n) is 6.85. The fourth-order valence-corrected chi connectivity index (χ4v) is 2.20. The molecule has 106 valence electrons. The van der Waals surface area contributed by atoms with Crippen molar-refractivity contribution in [1.82, 2.24) is 15.0 Å². The number of hydrogen-bond acceptors (Lipinski definition) is 5. The summed E-state index contributed by atoms with van der Waals surface area (Å²) >= 11 is 0. The number of aromatic nitrogens is 3. The van der Waals surface area contributed by atoms with Crippen LogP contribution in [0.3, 0.4) is 0 Å². The van der Waals surface area contributed by atoms with Gasteiger partial charge in [-0.15, -0.1) is 5.10 Å². The highest BCUT2D eigenvalue weighted by Crippen LogP contribution is 2.21. The van der Waals surface area contributed by atoms with Crippen LogP contribution in [0.25, 0.3) is 5.69 Å². The van der Waals surface area contributed by atoms with E-state index in [1.54, 1.807) is 10.9 Å². The molecule has 6 nitrogen and oxygen atoms in total. The molecule has 1 atom stereocenters. The van der Waals surface area contributed by atoms with Crippen LogP contribution in [-0.4, -0.2) is 27.9 Å². The average Bonchev–Trinajstić information content (AvgIpc) is 2.96. The molecule has 1 fully saturated rings. The van der Waals surface area contributed by atoms with Gasteiger partial charge in [0.1, 0.15) is 6.20 Å². The molecule has 1 unspecified atom stereocenters. The van der Waals surface area contributed by atoms with E-state index in [9.17, 15) is 0 Å². The van der Waals surface area contributed by atoms with Gasteiger partial charge in [-0.05, 0) is 30.5 Å². The number of nitrogens with two attached hydrogens (primary N) is 1. The van der Waals surface area contributed by atoms with Crippen LogP contribution in [0.1, 0.15) is 24.8 Å². The third-order valence-corrected chi connectivity index (χ3v) is 3.32. The van der Waals surface area contributed by atoms with Crippen molar-refractivity contribution < 1.29 is 9.47 Å². The zero-order valence-corrected chi connectivity index (χ0v) is 11.2. The van der Waals surface area contributed by atoms with Crippen molar-refractivity contribution in [3.8, 4) is 11.6 Å². The molecule has 6 heteroatoms. The molecule has 1 aromatic carbocycles. The van der Waals surface area contributed by atoms with Gasteiger partial charge >= 0.3 is 0 Å². The Morgan fingerprint density at radius 1 is 1.30 bits per heavy atom. The van der Waals surface area contributed by atoms with E-state index in [1.807, 2.05) is 24.3 Å². The molecule has 1 aromatic heterocycles. The highest BCUT2D eigenvalue weighted by Gasteiger charge is 2.18. The van der Waals surface area contributed by atoms with E-state index < -0.39 is 0 Å². The first-order valence-corrected chi connectivity index (χ1v) is 6.85. The van der Waals surface area contributed by atoms with Gasteiger partial charge in [-0.3, -0.25) is 0 Å². The van der Waals surface area contributed by atoms with Crippen LogP contribution in [0.2, 0.25) is 0 Å². The van der Waals surface area contributed by atoms with E-state index in [2.05, 4.69) is 10.3 Å². The zero-order valence-electron chi connectivity index (χ0n) is 11.2. The molecule has 2 heterocycles. The minimum Gasteiger partial charge on any atom is -0.447 e. The fourth-order valence-electron chi connectivity index (χ4n) is 2.20. The Morgan fingerprint density at radius 2 is 2.15 bits per heavy atom. The molecule has 0 spiro atoms. The minimum absolute atomic E-state index is 0.204. The quantitative estimate of drug-likeness (QED) is 0.917. The highest BCUT2D eigenvalue weighted by atomic mass is 16.7. The molecular weight excluding hydrogens is 256 g/mol. The van der Waals surface area contributed by atoms with E-state index >= 15 is 0 Å². The van der Waals surface area contributed by atoms with Gasteiger partial charge in [0.15, 0.2) is 0 Å². The summed E-state index contributed by atoms with van der Waals surface area (Å²) < 4.78 is 13.1. The number of nitrogens with zero attached hydrogens (tertiary/aromatic N) is 3. The monoisotopic (exact) mass is 274 g/mol. The maximum absolute atomic E-state index is 5.83. The third kappa shape index (κ3) is 2.81. The lowest BCUT2D eigenvalue weighted by atomic mass is 10.2. The molecule has 0 aliphatic carbocycles. The summed E-state index contributed by atoms with van der Waals surface area (Å²) in [6.45, 7) is 1.27. The van der Waals surface area contributed by atoms with Crippen LogP contribution in [0.15, 0.2) is 30.5 Å². The maximum atomic E-state index is 5.83. The molecule has 3 rings (SSSR count). The maximum Gasteiger partial charge on any atom is 0.239 e. The lowest BCUT2D eigenvalue weighted by Gasteiger charge is -2.23. The van der Waals surface area contributed by atoms with E-state index in [0.29, 0.717) is 12.4 Å². The summed E-state index contributed by atoms with van der Waals surface area (Å²) in [6.07, 6.45) is 4.52. The predicted octanol–water partition coefficient (Wildman–Crippen LogP) is 1.63. The van der Waals surface area contributed by atoms with Gasteiger partial charge < -0.3 is 15.2 Å². The van der Waals surface area contributed by atoms with Crippen LogP contribution < -0.4 is 10.5 Å². The molecule has 2 N–H and O–H groups in total. The van der Waals surface area contributed by atoms with E-state index in [0.717, 1.165) is 37.1 Å². The van der Waals surface area contributed by atoms with Gasteiger partial charge in [0, 0.05) is 13.0 Å². The predicted molar refractivity (Wildman–Crippen MR) is 73.5 cm³/mol. The molecule has 0 saturated carbocycles. The molecule has 1 aliphatic rings. The number of ether oxygens (including phenoxy) is 2. The summed E-state index contributed by atoms with van der Waals surface area (Å²) in [5.41, 5.74) is 7.57. The van der Waals surface area contributed by atoms with Gasteiger partial charge in [-0.1, -0.05) is 17.3 Å². The summed E-state index contributed by atoms with van der Waals surface area (Å²) in [5, 5.41) is 7.98. The SMILES string of the molecule is NCc1ccc(-n2nncc2OC2CCCCO2)cc1. The number of hydrogen-bond donors (Lipinski definition) is 1. The fraction of sp³-hybridized carbons (Fsp3) is 0.429. The summed E-state index contributed by atoms with van der Waals surface area (Å²) in [4.78, 5) is 0. The summed E-state index contributed by atoms with van der Waals surface area (Å²) in [5.74, 6) is 0.595. The van der Waals surface area contributed by atoms with E-state index in [4.69, 9.17) is 15.2 Å². The van der Waals surface area contributed by atoms with Gasteiger partial charge in [-0.2, -0.15) is 4.68 Å². The van der Waals surface area contributed by atoms with Crippen molar-refractivity contribution in [3.63, 3.8) is 0 Å². The van der Waals surface area contributed by atoms with Crippen LogP contribution in [-0.2, 0) is 11.3 Å². The molecule has 0 bridgehead atoms. The second-order valence-corrected chi connectivity index (χ2v) is 4.77. The standard InChI is InChI=1S/C14H18N4O2/c15-9-11-4-6-12(7-5-11)18-13(10-16-17-18)20-14-3-1-2-8-19-14/h4-7,10,14H,1-3,8-9,15H2. The Morgan fingerprint density at radius 3 is 2.85 bits per heavy atom.